The number of fused-ring (bicyclic) bond motifs is 3. The summed E-state index contributed by atoms with van der Waals surface area (Å²) in [5.41, 5.74) is 1.69. The molecule has 0 N–H and O–H groups in total. The summed E-state index contributed by atoms with van der Waals surface area (Å²) < 4.78 is 7.60. The summed E-state index contributed by atoms with van der Waals surface area (Å²) >= 11 is 0. The van der Waals surface area contributed by atoms with Crippen LogP contribution in [0.5, 0.6) is 0 Å². The first kappa shape index (κ1) is 12.1. The number of nitrogens with zero attached hydrogens (tertiary/aromatic N) is 2. The molecule has 0 radical (unpaired) electrons. The van der Waals surface area contributed by atoms with E-state index in [2.05, 4.69) is 5.10 Å². The van der Waals surface area contributed by atoms with Gasteiger partial charge in [0.1, 0.15) is 0 Å². The third-order valence-electron chi connectivity index (χ3n) is 4.57. The Hall–Kier alpha value is -1.68. The van der Waals surface area contributed by atoms with Crippen LogP contribution in [0.25, 0.3) is 10.9 Å². The van der Waals surface area contributed by atoms with E-state index in [1.54, 1.807) is 4.68 Å². The molecule has 4 nitrogen and oxygen atoms in total. The number of aromatic nitrogens is 2. The molecule has 4 heteroatoms. The van der Waals surface area contributed by atoms with E-state index in [0.29, 0.717) is 12.2 Å². The van der Waals surface area contributed by atoms with Crippen molar-refractivity contribution < 1.29 is 9.53 Å². The maximum absolute atomic E-state index is 12.7. The Morgan fingerprint density at radius 3 is 2.80 bits per heavy atom. The van der Waals surface area contributed by atoms with Crippen LogP contribution in [0.2, 0.25) is 0 Å². The lowest BCUT2D eigenvalue weighted by atomic mass is 9.88. The fraction of sp³-hybridized carbons (Fsp3) is 0.500. The van der Waals surface area contributed by atoms with Crippen LogP contribution in [0, 0.1) is 5.92 Å². The van der Waals surface area contributed by atoms with E-state index in [1.165, 1.54) is 0 Å². The van der Waals surface area contributed by atoms with Gasteiger partial charge in [-0.05, 0) is 31.7 Å². The summed E-state index contributed by atoms with van der Waals surface area (Å²) in [5, 5.41) is 5.46. The summed E-state index contributed by atoms with van der Waals surface area (Å²) in [6.45, 7) is 0. The van der Waals surface area contributed by atoms with Crippen LogP contribution in [0.15, 0.2) is 24.4 Å². The molecule has 2 atom stereocenters. The zero-order valence-electron chi connectivity index (χ0n) is 11.6. The van der Waals surface area contributed by atoms with Gasteiger partial charge in [-0.3, -0.25) is 9.48 Å². The minimum absolute atomic E-state index is 0.127. The van der Waals surface area contributed by atoms with Crippen LogP contribution in [0.1, 0.15) is 36.0 Å². The van der Waals surface area contributed by atoms with Crippen molar-refractivity contribution in [2.45, 2.75) is 37.9 Å². The highest BCUT2D eigenvalue weighted by atomic mass is 16.5. The molecule has 2 saturated heterocycles. The first-order valence-electron chi connectivity index (χ1n) is 7.32. The number of rotatable bonds is 2. The fourth-order valence-electron chi connectivity index (χ4n) is 3.60. The Morgan fingerprint density at radius 2 is 2.05 bits per heavy atom. The van der Waals surface area contributed by atoms with Crippen LogP contribution in [-0.4, -0.2) is 27.8 Å². The van der Waals surface area contributed by atoms with Gasteiger partial charge in [0.25, 0.3) is 0 Å². The summed E-state index contributed by atoms with van der Waals surface area (Å²) in [5.74, 6) is 0.389. The van der Waals surface area contributed by atoms with Crippen molar-refractivity contribution in [1.29, 1.82) is 0 Å². The molecule has 0 spiro atoms. The Labute approximate surface area is 117 Å². The quantitative estimate of drug-likeness (QED) is 0.788. The molecule has 0 saturated carbocycles. The number of aryl methyl sites for hydroxylation is 1. The molecule has 1 aromatic heterocycles. The molecular formula is C16H18N2O2. The first-order valence-corrected chi connectivity index (χ1v) is 7.32. The molecule has 20 heavy (non-hydrogen) atoms. The number of carbonyl (C=O) groups excluding carboxylic acids is 1. The van der Waals surface area contributed by atoms with Crippen molar-refractivity contribution in [2.75, 3.05) is 0 Å². The Kier molecular flexibility index (Phi) is 2.67. The second kappa shape index (κ2) is 4.42. The third-order valence-corrected chi connectivity index (χ3v) is 4.57. The van der Waals surface area contributed by atoms with Gasteiger partial charge in [-0.2, -0.15) is 5.10 Å². The number of ether oxygens (including phenoxy) is 1. The summed E-state index contributed by atoms with van der Waals surface area (Å²) in [6.07, 6.45) is 6.59. The highest BCUT2D eigenvalue weighted by Gasteiger charge is 2.38. The van der Waals surface area contributed by atoms with E-state index in [4.69, 9.17) is 4.74 Å². The minimum atomic E-state index is 0.127. The largest absolute Gasteiger partial charge is 0.375 e. The molecule has 2 bridgehead atoms. The van der Waals surface area contributed by atoms with Crippen molar-refractivity contribution in [3.05, 3.63) is 30.0 Å². The number of benzene rings is 1. The summed E-state index contributed by atoms with van der Waals surface area (Å²) in [4.78, 5) is 12.7. The smallest absolute Gasteiger partial charge is 0.166 e. The van der Waals surface area contributed by atoms with E-state index in [9.17, 15) is 4.79 Å². The fourth-order valence-corrected chi connectivity index (χ4v) is 3.60. The molecule has 3 heterocycles. The first-order chi connectivity index (χ1) is 9.69. The Morgan fingerprint density at radius 1 is 1.30 bits per heavy atom. The van der Waals surface area contributed by atoms with Gasteiger partial charge < -0.3 is 4.74 Å². The van der Waals surface area contributed by atoms with E-state index in [-0.39, 0.29) is 11.7 Å². The molecule has 2 unspecified atom stereocenters. The van der Waals surface area contributed by atoms with Gasteiger partial charge in [-0.25, -0.2) is 0 Å². The summed E-state index contributed by atoms with van der Waals surface area (Å²) in [7, 11) is 1.90. The maximum atomic E-state index is 12.7. The van der Waals surface area contributed by atoms with Gasteiger partial charge >= 0.3 is 0 Å². The molecular weight excluding hydrogens is 252 g/mol. The number of ketones is 1. The zero-order valence-corrected chi connectivity index (χ0v) is 11.6. The standard InChI is InChI=1S/C16H18N2O2/c1-18-9-11-3-2-10(8-15(11)17-18)16(19)12-6-13-4-5-14(7-12)20-13/h2-3,8-9,12-14H,4-7H2,1H3. The average molecular weight is 270 g/mol. The van der Waals surface area contributed by atoms with Crippen molar-refractivity contribution in [3.8, 4) is 0 Å². The van der Waals surface area contributed by atoms with Gasteiger partial charge in [0.15, 0.2) is 5.78 Å². The molecule has 2 aliphatic rings. The van der Waals surface area contributed by atoms with E-state index >= 15 is 0 Å². The molecule has 2 aromatic rings. The number of hydrogen-bond acceptors (Lipinski definition) is 3. The molecule has 2 fully saturated rings. The number of carbonyl (C=O) groups is 1. The lowest BCUT2D eigenvalue weighted by Crippen LogP contribution is -2.30. The molecule has 0 amide bonds. The van der Waals surface area contributed by atoms with Crippen molar-refractivity contribution in [2.24, 2.45) is 13.0 Å². The van der Waals surface area contributed by atoms with Crippen molar-refractivity contribution >= 4 is 16.7 Å². The molecule has 2 aliphatic heterocycles. The van der Waals surface area contributed by atoms with Crippen LogP contribution < -0.4 is 0 Å². The van der Waals surface area contributed by atoms with Crippen LogP contribution in [-0.2, 0) is 11.8 Å². The van der Waals surface area contributed by atoms with Crippen LogP contribution >= 0.6 is 0 Å². The van der Waals surface area contributed by atoms with Gasteiger partial charge in [0, 0.05) is 30.1 Å². The molecule has 4 rings (SSSR count). The predicted octanol–water partition coefficient (Wildman–Crippen LogP) is 2.71. The zero-order chi connectivity index (χ0) is 13.7. The van der Waals surface area contributed by atoms with Crippen LogP contribution in [0.3, 0.4) is 0 Å². The predicted molar refractivity (Wildman–Crippen MR) is 75.7 cm³/mol. The maximum Gasteiger partial charge on any atom is 0.166 e. The topological polar surface area (TPSA) is 44.1 Å². The van der Waals surface area contributed by atoms with Crippen molar-refractivity contribution in [1.82, 2.24) is 9.78 Å². The molecule has 0 aliphatic carbocycles. The molecule has 104 valence electrons. The Bertz CT molecular complexity index is 664. The lowest BCUT2D eigenvalue weighted by molar-refractivity contribution is -0.0149. The monoisotopic (exact) mass is 270 g/mol. The van der Waals surface area contributed by atoms with E-state index < -0.39 is 0 Å². The Balaban J connectivity index is 1.63. The highest BCUT2D eigenvalue weighted by molar-refractivity contribution is 6.00. The van der Waals surface area contributed by atoms with Crippen LogP contribution in [0.4, 0.5) is 0 Å². The number of Topliss-reactive ketones (excluding diaryl/α,β-unsaturated/α-hetero) is 1. The van der Waals surface area contributed by atoms with Gasteiger partial charge in [-0.15, -0.1) is 0 Å². The molecule has 1 aromatic carbocycles. The third kappa shape index (κ3) is 1.95. The van der Waals surface area contributed by atoms with Gasteiger partial charge in [0.2, 0.25) is 0 Å². The minimum Gasteiger partial charge on any atom is -0.375 e. The van der Waals surface area contributed by atoms with Crippen molar-refractivity contribution in [3.63, 3.8) is 0 Å². The normalized spacial score (nSPS) is 28.9. The lowest BCUT2D eigenvalue weighted by Gasteiger charge is -2.27. The average Bonchev–Trinajstić information content (AvgIpc) is 2.98. The van der Waals surface area contributed by atoms with Gasteiger partial charge in [-0.1, -0.05) is 12.1 Å². The SMILES string of the molecule is Cn1cc2ccc(C(=O)C3CC4CCC(C3)O4)cc2n1. The second-order valence-corrected chi connectivity index (χ2v) is 6.07. The second-order valence-electron chi connectivity index (χ2n) is 6.07. The van der Waals surface area contributed by atoms with E-state index in [1.807, 2.05) is 31.4 Å². The number of hydrogen-bond donors (Lipinski definition) is 0. The van der Waals surface area contributed by atoms with E-state index in [0.717, 1.165) is 42.1 Å². The highest BCUT2D eigenvalue weighted by Crippen LogP contribution is 2.37. The summed E-state index contributed by atoms with van der Waals surface area (Å²) in [6, 6.07) is 5.85. The van der Waals surface area contributed by atoms with Gasteiger partial charge in [0.05, 0.1) is 17.7 Å².